The normalized spacial score (nSPS) is 11.0. The predicted molar refractivity (Wildman–Crippen MR) is 83.3 cm³/mol. The summed E-state index contributed by atoms with van der Waals surface area (Å²) < 4.78 is 5.60. The van der Waals surface area contributed by atoms with Crippen molar-refractivity contribution in [3.05, 3.63) is 77.5 Å². The van der Waals surface area contributed by atoms with E-state index < -0.39 is 0 Å². The third-order valence-corrected chi connectivity index (χ3v) is 3.04. The molecule has 3 aromatic rings. The van der Waals surface area contributed by atoms with E-state index in [4.69, 9.17) is 10.2 Å². The van der Waals surface area contributed by atoms with E-state index in [9.17, 15) is 0 Å². The standard InChI is InChI=1S/C17H15N3O/c18-15-9-6-14(7-10-15)12-17-20-19-16(21-17)11-8-13-4-2-1-3-5-13/h1-11H,12,18H2/b11-8+. The van der Waals surface area contributed by atoms with Gasteiger partial charge in [0.1, 0.15) is 0 Å². The van der Waals surface area contributed by atoms with Gasteiger partial charge in [-0.05, 0) is 29.3 Å². The molecule has 0 saturated heterocycles. The Morgan fingerprint density at radius 3 is 2.43 bits per heavy atom. The molecule has 4 nitrogen and oxygen atoms in total. The van der Waals surface area contributed by atoms with Crippen molar-refractivity contribution in [3.63, 3.8) is 0 Å². The second-order valence-electron chi connectivity index (χ2n) is 4.70. The Morgan fingerprint density at radius 2 is 1.67 bits per heavy atom. The summed E-state index contributed by atoms with van der Waals surface area (Å²) in [5.74, 6) is 1.09. The molecule has 1 heterocycles. The summed E-state index contributed by atoms with van der Waals surface area (Å²) in [6, 6.07) is 17.6. The molecule has 0 spiro atoms. The molecule has 104 valence electrons. The van der Waals surface area contributed by atoms with Crippen LogP contribution in [0.4, 0.5) is 5.69 Å². The maximum Gasteiger partial charge on any atom is 0.240 e. The van der Waals surface area contributed by atoms with Gasteiger partial charge in [-0.25, -0.2) is 0 Å². The van der Waals surface area contributed by atoms with Crippen LogP contribution in [0.5, 0.6) is 0 Å². The van der Waals surface area contributed by atoms with Crippen LogP contribution in [0.1, 0.15) is 22.9 Å². The lowest BCUT2D eigenvalue weighted by Gasteiger charge is -1.97. The third kappa shape index (κ3) is 3.57. The van der Waals surface area contributed by atoms with Crippen LogP contribution >= 0.6 is 0 Å². The zero-order valence-corrected chi connectivity index (χ0v) is 11.4. The minimum atomic E-state index is 0.504. The quantitative estimate of drug-likeness (QED) is 0.742. The third-order valence-electron chi connectivity index (χ3n) is 3.04. The fraction of sp³-hybridized carbons (Fsp3) is 0.0588. The SMILES string of the molecule is Nc1ccc(Cc2nnc(/C=C/c3ccccc3)o2)cc1. The number of nitrogen functional groups attached to an aromatic ring is 1. The molecule has 3 rings (SSSR count). The molecule has 0 bridgehead atoms. The van der Waals surface area contributed by atoms with Gasteiger partial charge in [0.15, 0.2) is 0 Å². The van der Waals surface area contributed by atoms with Crippen LogP contribution in [-0.4, -0.2) is 10.2 Å². The molecule has 4 heteroatoms. The average molecular weight is 277 g/mol. The van der Waals surface area contributed by atoms with Crippen molar-refractivity contribution in [2.45, 2.75) is 6.42 Å². The Balaban J connectivity index is 1.69. The van der Waals surface area contributed by atoms with Crippen molar-refractivity contribution < 1.29 is 4.42 Å². The van der Waals surface area contributed by atoms with E-state index in [1.165, 1.54) is 0 Å². The average Bonchev–Trinajstić information content (AvgIpc) is 2.96. The smallest absolute Gasteiger partial charge is 0.240 e. The van der Waals surface area contributed by atoms with Gasteiger partial charge in [-0.2, -0.15) is 0 Å². The van der Waals surface area contributed by atoms with Gasteiger partial charge in [-0.1, -0.05) is 42.5 Å². The first-order valence-corrected chi connectivity index (χ1v) is 6.69. The second kappa shape index (κ2) is 6.05. The monoisotopic (exact) mass is 277 g/mol. The van der Waals surface area contributed by atoms with Gasteiger partial charge in [0.2, 0.25) is 11.8 Å². The zero-order chi connectivity index (χ0) is 14.5. The summed E-state index contributed by atoms with van der Waals surface area (Å²) in [4.78, 5) is 0. The minimum Gasteiger partial charge on any atom is -0.421 e. The summed E-state index contributed by atoms with van der Waals surface area (Å²) in [5, 5.41) is 8.06. The summed E-state index contributed by atoms with van der Waals surface area (Å²) in [7, 11) is 0. The second-order valence-corrected chi connectivity index (χ2v) is 4.70. The van der Waals surface area contributed by atoms with Crippen LogP contribution in [0.3, 0.4) is 0 Å². The van der Waals surface area contributed by atoms with E-state index in [-0.39, 0.29) is 0 Å². The molecule has 1 aromatic heterocycles. The van der Waals surface area contributed by atoms with Crippen LogP contribution in [0.15, 0.2) is 59.0 Å². The van der Waals surface area contributed by atoms with Crippen molar-refractivity contribution in [1.29, 1.82) is 0 Å². The molecule has 0 fully saturated rings. The molecule has 0 aliphatic heterocycles. The van der Waals surface area contributed by atoms with Crippen LogP contribution in [0, 0.1) is 0 Å². The van der Waals surface area contributed by atoms with Gasteiger partial charge < -0.3 is 10.2 Å². The Morgan fingerprint density at radius 1 is 0.905 bits per heavy atom. The van der Waals surface area contributed by atoms with Crippen molar-refractivity contribution in [2.75, 3.05) is 5.73 Å². The summed E-state index contributed by atoms with van der Waals surface area (Å²) in [5.41, 5.74) is 8.59. The number of nitrogens with two attached hydrogens (primary N) is 1. The topological polar surface area (TPSA) is 64.9 Å². The van der Waals surface area contributed by atoms with Gasteiger partial charge in [-0.3, -0.25) is 0 Å². The van der Waals surface area contributed by atoms with Crippen LogP contribution in [0.25, 0.3) is 12.2 Å². The molecule has 2 N–H and O–H groups in total. The Kier molecular flexibility index (Phi) is 3.78. The number of hydrogen-bond acceptors (Lipinski definition) is 4. The number of anilines is 1. The number of aromatic nitrogens is 2. The highest BCUT2D eigenvalue weighted by atomic mass is 16.4. The minimum absolute atomic E-state index is 0.504. The first-order valence-electron chi connectivity index (χ1n) is 6.69. The Labute approximate surface area is 122 Å². The fourth-order valence-corrected chi connectivity index (χ4v) is 1.95. The number of benzene rings is 2. The summed E-state index contributed by atoms with van der Waals surface area (Å²) in [6.07, 6.45) is 4.36. The summed E-state index contributed by atoms with van der Waals surface area (Å²) >= 11 is 0. The van der Waals surface area contributed by atoms with E-state index in [2.05, 4.69) is 10.2 Å². The summed E-state index contributed by atoms with van der Waals surface area (Å²) in [6.45, 7) is 0. The van der Waals surface area contributed by atoms with E-state index in [1.807, 2.05) is 66.7 Å². The van der Waals surface area contributed by atoms with Crippen molar-refractivity contribution in [3.8, 4) is 0 Å². The zero-order valence-electron chi connectivity index (χ0n) is 11.4. The van der Waals surface area contributed by atoms with Crippen molar-refractivity contribution in [2.24, 2.45) is 0 Å². The predicted octanol–water partition coefficient (Wildman–Crippen LogP) is 3.41. The molecule has 0 atom stereocenters. The number of hydrogen-bond donors (Lipinski definition) is 1. The first-order chi connectivity index (χ1) is 10.3. The highest BCUT2D eigenvalue weighted by molar-refractivity contribution is 5.65. The van der Waals surface area contributed by atoms with Crippen LogP contribution in [-0.2, 0) is 6.42 Å². The molecule has 0 aliphatic rings. The molecule has 0 radical (unpaired) electrons. The molecule has 21 heavy (non-hydrogen) atoms. The first kappa shape index (κ1) is 13.1. The largest absolute Gasteiger partial charge is 0.421 e. The molecular formula is C17H15N3O. The molecule has 2 aromatic carbocycles. The van der Waals surface area contributed by atoms with Crippen LogP contribution < -0.4 is 5.73 Å². The molecule has 0 aliphatic carbocycles. The van der Waals surface area contributed by atoms with Gasteiger partial charge in [0, 0.05) is 11.8 Å². The molecule has 0 unspecified atom stereocenters. The molecular weight excluding hydrogens is 262 g/mol. The van der Waals surface area contributed by atoms with Gasteiger partial charge in [0.05, 0.1) is 6.42 Å². The Bertz CT molecular complexity index is 730. The lowest BCUT2D eigenvalue weighted by atomic mass is 10.1. The lowest BCUT2D eigenvalue weighted by Crippen LogP contribution is -1.89. The highest BCUT2D eigenvalue weighted by Crippen LogP contribution is 2.12. The van der Waals surface area contributed by atoms with Gasteiger partial charge >= 0.3 is 0 Å². The fourth-order valence-electron chi connectivity index (χ4n) is 1.95. The van der Waals surface area contributed by atoms with Crippen molar-refractivity contribution in [1.82, 2.24) is 10.2 Å². The molecule has 0 saturated carbocycles. The van der Waals surface area contributed by atoms with E-state index >= 15 is 0 Å². The molecule has 0 amide bonds. The highest BCUT2D eigenvalue weighted by Gasteiger charge is 2.04. The maximum absolute atomic E-state index is 5.66. The van der Waals surface area contributed by atoms with Gasteiger partial charge in [0.25, 0.3) is 0 Å². The van der Waals surface area contributed by atoms with E-state index in [1.54, 1.807) is 0 Å². The maximum atomic E-state index is 5.66. The number of rotatable bonds is 4. The number of nitrogens with zero attached hydrogens (tertiary/aromatic N) is 2. The van der Waals surface area contributed by atoms with E-state index in [0.29, 0.717) is 18.2 Å². The van der Waals surface area contributed by atoms with Crippen molar-refractivity contribution >= 4 is 17.8 Å². The van der Waals surface area contributed by atoms with E-state index in [0.717, 1.165) is 16.8 Å². The van der Waals surface area contributed by atoms with Gasteiger partial charge in [-0.15, -0.1) is 10.2 Å². The lowest BCUT2D eigenvalue weighted by molar-refractivity contribution is 0.496. The van der Waals surface area contributed by atoms with Crippen LogP contribution in [0.2, 0.25) is 0 Å². The Hall–Kier alpha value is -2.88.